The number of rotatable bonds is 2. The van der Waals surface area contributed by atoms with E-state index in [0.717, 1.165) is 36.2 Å². The highest BCUT2D eigenvalue weighted by atomic mass is 35.5. The van der Waals surface area contributed by atoms with Crippen LogP contribution in [0, 0.1) is 6.57 Å². The molecule has 0 fully saturated rings. The third-order valence-corrected chi connectivity index (χ3v) is 3.82. The summed E-state index contributed by atoms with van der Waals surface area (Å²) < 4.78 is 0. The van der Waals surface area contributed by atoms with Crippen LogP contribution in [0.15, 0.2) is 30.5 Å². The number of pyridine rings is 1. The largest absolute Gasteiger partial charge is 0.360 e. The molecule has 1 aromatic carbocycles. The fourth-order valence-electron chi connectivity index (χ4n) is 2.66. The third-order valence-electron chi connectivity index (χ3n) is 3.59. The van der Waals surface area contributed by atoms with Crippen LogP contribution < -0.4 is 5.32 Å². The first-order chi connectivity index (χ1) is 9.78. The number of fused-ring (bicyclic) bond motifs is 1. The van der Waals surface area contributed by atoms with Gasteiger partial charge in [-0.15, -0.1) is 4.98 Å². The van der Waals surface area contributed by atoms with E-state index in [1.54, 1.807) is 6.20 Å². The molecule has 3 rings (SSSR count). The maximum Gasteiger partial charge on any atom is 0.273 e. The molecule has 0 bridgehead atoms. The maximum absolute atomic E-state index is 7.23. The fraction of sp³-hybridized carbons (Fsp3) is 0.250. The van der Waals surface area contributed by atoms with E-state index in [2.05, 4.69) is 15.1 Å². The molecule has 1 aromatic heterocycles. The van der Waals surface area contributed by atoms with Crippen molar-refractivity contribution in [2.75, 3.05) is 5.32 Å². The van der Waals surface area contributed by atoms with Gasteiger partial charge in [-0.3, -0.25) is 0 Å². The molecule has 1 aliphatic rings. The number of hydrogen-bond acceptors (Lipinski definition) is 2. The van der Waals surface area contributed by atoms with Crippen molar-refractivity contribution < 1.29 is 0 Å². The molecule has 0 atom stereocenters. The molecule has 1 heterocycles. The van der Waals surface area contributed by atoms with E-state index in [-0.39, 0.29) is 0 Å². The highest BCUT2D eigenvalue weighted by Crippen LogP contribution is 2.34. The average Bonchev–Trinajstić information content (AvgIpc) is 2.48. The van der Waals surface area contributed by atoms with E-state index in [0.29, 0.717) is 10.8 Å². The Kier molecular flexibility index (Phi) is 3.58. The monoisotopic (exact) mass is 283 g/mol. The summed E-state index contributed by atoms with van der Waals surface area (Å²) in [6.45, 7) is 7.23. The number of nitrogens with zero attached hydrogens (tertiary/aromatic N) is 2. The molecular weight excluding hydrogens is 270 g/mol. The molecule has 0 saturated carbocycles. The first-order valence-corrected chi connectivity index (χ1v) is 7.06. The molecule has 3 nitrogen and oxygen atoms in total. The van der Waals surface area contributed by atoms with Crippen LogP contribution in [-0.4, -0.2) is 4.98 Å². The van der Waals surface area contributed by atoms with E-state index < -0.39 is 0 Å². The molecule has 0 spiro atoms. The van der Waals surface area contributed by atoms with Crippen molar-refractivity contribution in [2.24, 2.45) is 0 Å². The zero-order chi connectivity index (χ0) is 13.9. The van der Waals surface area contributed by atoms with Crippen LogP contribution >= 0.6 is 11.6 Å². The lowest BCUT2D eigenvalue weighted by Crippen LogP contribution is -2.07. The summed E-state index contributed by atoms with van der Waals surface area (Å²) in [4.78, 5) is 7.82. The van der Waals surface area contributed by atoms with Crippen LogP contribution in [0.2, 0.25) is 5.02 Å². The van der Waals surface area contributed by atoms with Gasteiger partial charge in [0.2, 0.25) is 0 Å². The predicted molar refractivity (Wildman–Crippen MR) is 81.9 cm³/mol. The number of anilines is 2. The lowest BCUT2D eigenvalue weighted by molar-refractivity contribution is 0.686. The third kappa shape index (κ3) is 2.48. The van der Waals surface area contributed by atoms with Crippen molar-refractivity contribution in [1.82, 2.24) is 4.98 Å². The second kappa shape index (κ2) is 5.52. The summed E-state index contributed by atoms with van der Waals surface area (Å²) in [5, 5.41) is 4.08. The number of aromatic nitrogens is 1. The highest BCUT2D eigenvalue weighted by Gasteiger charge is 2.19. The van der Waals surface area contributed by atoms with Gasteiger partial charge in [-0.25, -0.2) is 0 Å². The number of benzene rings is 1. The van der Waals surface area contributed by atoms with Gasteiger partial charge in [-0.05, 0) is 48.6 Å². The summed E-state index contributed by atoms with van der Waals surface area (Å²) in [5.74, 6) is 0.552. The maximum atomic E-state index is 7.23. The molecule has 2 aromatic rings. The van der Waals surface area contributed by atoms with Gasteiger partial charge in [-0.1, -0.05) is 30.7 Å². The second-order valence-electron chi connectivity index (χ2n) is 4.91. The molecule has 1 N–H and O–H groups in total. The Bertz CT molecular complexity index is 689. The van der Waals surface area contributed by atoms with Gasteiger partial charge in [-0.2, -0.15) is 0 Å². The van der Waals surface area contributed by atoms with E-state index >= 15 is 0 Å². The number of halogens is 1. The molecule has 0 radical (unpaired) electrons. The van der Waals surface area contributed by atoms with Crippen LogP contribution in [0.1, 0.15) is 24.0 Å². The van der Waals surface area contributed by atoms with Crippen molar-refractivity contribution in [3.05, 3.63) is 58.0 Å². The quantitative estimate of drug-likeness (QED) is 0.794. The second-order valence-corrected chi connectivity index (χ2v) is 5.34. The minimum atomic E-state index is 0.552. The Balaban J connectivity index is 2.00. The Hall–Kier alpha value is -2.05. The van der Waals surface area contributed by atoms with Crippen molar-refractivity contribution in [1.29, 1.82) is 0 Å². The fourth-order valence-corrected chi connectivity index (χ4v) is 2.85. The number of hydrogen-bond donors (Lipinski definition) is 1. The smallest absolute Gasteiger partial charge is 0.273 e. The molecule has 0 amide bonds. The highest BCUT2D eigenvalue weighted by molar-refractivity contribution is 6.30. The molecular formula is C16H14ClN3. The standard InChI is InChI=1S/C16H14ClN3/c1-18-16-14-8-3-2-7-13(14)15(10-19-16)20-12-6-4-5-11(17)9-12/h4-6,9-10,20H,2-3,7-8H2. The SMILES string of the molecule is [C-]#[N+]c1ncc(Nc2cccc(Cl)c2)c2c1CCCC2. The minimum Gasteiger partial charge on any atom is -0.360 e. The Morgan fingerprint density at radius 3 is 2.75 bits per heavy atom. The van der Waals surface area contributed by atoms with Gasteiger partial charge in [0.25, 0.3) is 5.82 Å². The van der Waals surface area contributed by atoms with E-state index in [9.17, 15) is 0 Å². The minimum absolute atomic E-state index is 0.552. The average molecular weight is 284 g/mol. The van der Waals surface area contributed by atoms with Crippen LogP contribution in [-0.2, 0) is 12.8 Å². The van der Waals surface area contributed by atoms with Gasteiger partial charge >= 0.3 is 0 Å². The zero-order valence-electron chi connectivity index (χ0n) is 11.0. The van der Waals surface area contributed by atoms with Crippen LogP contribution in [0.4, 0.5) is 17.2 Å². The molecule has 0 saturated heterocycles. The summed E-state index contributed by atoms with van der Waals surface area (Å²) in [7, 11) is 0. The summed E-state index contributed by atoms with van der Waals surface area (Å²) in [5.41, 5.74) is 4.28. The lowest BCUT2D eigenvalue weighted by atomic mass is 9.91. The number of nitrogens with one attached hydrogen (secondary N) is 1. The molecule has 0 aliphatic heterocycles. The van der Waals surface area contributed by atoms with Crippen molar-refractivity contribution in [3.63, 3.8) is 0 Å². The summed E-state index contributed by atoms with van der Waals surface area (Å²) >= 11 is 6.01. The molecule has 0 unspecified atom stereocenters. The van der Waals surface area contributed by atoms with Gasteiger partial charge in [0.05, 0.1) is 5.69 Å². The van der Waals surface area contributed by atoms with Gasteiger partial charge in [0.15, 0.2) is 0 Å². The topological polar surface area (TPSA) is 29.3 Å². The predicted octanol–water partition coefficient (Wildman–Crippen LogP) is 4.91. The van der Waals surface area contributed by atoms with Gasteiger partial charge in [0, 0.05) is 10.7 Å². The van der Waals surface area contributed by atoms with Gasteiger partial charge < -0.3 is 10.2 Å². The summed E-state index contributed by atoms with van der Waals surface area (Å²) in [6.07, 6.45) is 6.02. The van der Waals surface area contributed by atoms with Crippen LogP contribution in [0.3, 0.4) is 0 Å². The zero-order valence-corrected chi connectivity index (χ0v) is 11.7. The molecule has 4 heteroatoms. The molecule has 1 aliphatic carbocycles. The Morgan fingerprint density at radius 2 is 2.00 bits per heavy atom. The van der Waals surface area contributed by atoms with E-state index in [1.807, 2.05) is 24.3 Å². The normalized spacial score (nSPS) is 13.4. The van der Waals surface area contributed by atoms with Gasteiger partial charge in [0.1, 0.15) is 6.20 Å². The first kappa shape index (κ1) is 13.0. The Morgan fingerprint density at radius 1 is 1.20 bits per heavy atom. The Labute approximate surface area is 123 Å². The van der Waals surface area contributed by atoms with Crippen LogP contribution in [0.25, 0.3) is 4.85 Å². The van der Waals surface area contributed by atoms with Crippen molar-refractivity contribution >= 4 is 28.8 Å². The molecule has 20 heavy (non-hydrogen) atoms. The first-order valence-electron chi connectivity index (χ1n) is 6.69. The van der Waals surface area contributed by atoms with E-state index in [1.165, 1.54) is 12.0 Å². The summed E-state index contributed by atoms with van der Waals surface area (Å²) in [6, 6.07) is 7.63. The van der Waals surface area contributed by atoms with Crippen molar-refractivity contribution in [3.8, 4) is 0 Å². The lowest BCUT2D eigenvalue weighted by Gasteiger charge is -2.20. The van der Waals surface area contributed by atoms with Crippen LogP contribution in [0.5, 0.6) is 0 Å². The van der Waals surface area contributed by atoms with Crippen molar-refractivity contribution in [2.45, 2.75) is 25.7 Å². The van der Waals surface area contributed by atoms with E-state index in [4.69, 9.17) is 18.2 Å². The molecule has 100 valence electrons.